The summed E-state index contributed by atoms with van der Waals surface area (Å²) in [7, 11) is 0. The predicted octanol–water partition coefficient (Wildman–Crippen LogP) is 3.08. The van der Waals surface area contributed by atoms with Crippen LogP contribution in [0.2, 0.25) is 0 Å². The molecule has 0 aliphatic carbocycles. The smallest absolute Gasteiger partial charge is 0.132 e. The van der Waals surface area contributed by atoms with Gasteiger partial charge in [-0.25, -0.2) is 4.39 Å². The van der Waals surface area contributed by atoms with E-state index in [1.807, 2.05) is 30.3 Å². The molecular weight excluding hydrogens is 205 g/mol. The average molecular weight is 217 g/mol. The summed E-state index contributed by atoms with van der Waals surface area (Å²) in [6.07, 6.45) is 0. The Kier molecular flexibility index (Phi) is 3.17. The van der Waals surface area contributed by atoms with Gasteiger partial charge in [0.25, 0.3) is 0 Å². The van der Waals surface area contributed by atoms with Gasteiger partial charge >= 0.3 is 0 Å². The Morgan fingerprint density at radius 3 is 2.50 bits per heavy atom. The van der Waals surface area contributed by atoms with Crippen molar-refractivity contribution >= 4 is 0 Å². The predicted molar refractivity (Wildman–Crippen MR) is 60.8 cm³/mol. The highest BCUT2D eigenvalue weighted by Gasteiger charge is 2.04. The Morgan fingerprint density at radius 1 is 1.06 bits per heavy atom. The summed E-state index contributed by atoms with van der Waals surface area (Å²) in [5, 5.41) is 0. The van der Waals surface area contributed by atoms with Gasteiger partial charge in [-0.3, -0.25) is 0 Å². The Balaban J connectivity index is 2.28. The normalized spacial score (nSPS) is 10.1. The molecule has 0 aliphatic rings. The van der Waals surface area contributed by atoms with Crippen molar-refractivity contribution in [3.05, 3.63) is 59.9 Å². The largest absolute Gasteiger partial charge is 0.457 e. The first-order valence-corrected chi connectivity index (χ1v) is 5.01. The van der Waals surface area contributed by atoms with Gasteiger partial charge in [-0.15, -0.1) is 0 Å². The standard InChI is InChI=1S/C13H12FNO/c14-11-6-7-13(10(8-11)9-15)16-12-4-2-1-3-5-12/h1-8H,9,15H2. The first-order valence-electron chi connectivity index (χ1n) is 5.01. The molecule has 16 heavy (non-hydrogen) atoms. The van der Waals surface area contributed by atoms with E-state index < -0.39 is 0 Å². The molecule has 2 aromatic carbocycles. The number of ether oxygens (including phenoxy) is 1. The Labute approximate surface area is 93.5 Å². The maximum atomic E-state index is 13.0. The zero-order valence-corrected chi connectivity index (χ0v) is 8.69. The Hall–Kier alpha value is -1.87. The van der Waals surface area contributed by atoms with E-state index >= 15 is 0 Å². The number of hydrogen-bond donors (Lipinski definition) is 1. The van der Waals surface area contributed by atoms with Gasteiger partial charge in [0.2, 0.25) is 0 Å². The molecule has 0 saturated carbocycles. The summed E-state index contributed by atoms with van der Waals surface area (Å²) in [6.45, 7) is 0.250. The van der Waals surface area contributed by atoms with Gasteiger partial charge < -0.3 is 10.5 Å². The molecular formula is C13H12FNO. The lowest BCUT2D eigenvalue weighted by Gasteiger charge is -2.09. The van der Waals surface area contributed by atoms with Gasteiger partial charge in [0.05, 0.1) is 0 Å². The molecule has 2 rings (SSSR count). The van der Waals surface area contributed by atoms with Crippen molar-refractivity contribution in [2.45, 2.75) is 6.54 Å². The molecule has 0 fully saturated rings. The molecule has 0 spiro atoms. The highest BCUT2D eigenvalue weighted by molar-refractivity contribution is 5.38. The number of rotatable bonds is 3. The van der Waals surface area contributed by atoms with E-state index in [-0.39, 0.29) is 12.4 Å². The van der Waals surface area contributed by atoms with E-state index in [9.17, 15) is 4.39 Å². The van der Waals surface area contributed by atoms with Gasteiger partial charge in [-0.2, -0.15) is 0 Å². The van der Waals surface area contributed by atoms with Crippen molar-refractivity contribution in [1.29, 1.82) is 0 Å². The zero-order valence-electron chi connectivity index (χ0n) is 8.69. The lowest BCUT2D eigenvalue weighted by atomic mass is 10.2. The minimum atomic E-state index is -0.305. The SMILES string of the molecule is NCc1cc(F)ccc1Oc1ccccc1. The third kappa shape index (κ3) is 2.38. The van der Waals surface area contributed by atoms with E-state index in [2.05, 4.69) is 0 Å². The number of para-hydroxylation sites is 1. The van der Waals surface area contributed by atoms with Crippen LogP contribution in [0, 0.1) is 5.82 Å². The van der Waals surface area contributed by atoms with Crippen LogP contribution in [0.25, 0.3) is 0 Å². The van der Waals surface area contributed by atoms with Crippen LogP contribution in [0.5, 0.6) is 11.5 Å². The Morgan fingerprint density at radius 2 is 1.81 bits per heavy atom. The molecule has 0 amide bonds. The number of halogens is 1. The monoisotopic (exact) mass is 217 g/mol. The Bertz CT molecular complexity index is 471. The van der Waals surface area contributed by atoms with Crippen molar-refractivity contribution < 1.29 is 9.13 Å². The van der Waals surface area contributed by atoms with Crippen LogP contribution in [0.1, 0.15) is 5.56 Å². The summed E-state index contributed by atoms with van der Waals surface area (Å²) >= 11 is 0. The second kappa shape index (κ2) is 4.77. The molecule has 0 heterocycles. The summed E-state index contributed by atoms with van der Waals surface area (Å²) in [5.41, 5.74) is 6.18. The van der Waals surface area contributed by atoms with Crippen molar-refractivity contribution in [2.24, 2.45) is 5.73 Å². The van der Waals surface area contributed by atoms with Crippen LogP contribution in [0.3, 0.4) is 0 Å². The van der Waals surface area contributed by atoms with E-state index in [1.165, 1.54) is 12.1 Å². The second-order valence-electron chi connectivity index (χ2n) is 3.37. The average Bonchev–Trinajstić information content (AvgIpc) is 2.33. The fourth-order valence-corrected chi connectivity index (χ4v) is 1.42. The third-order valence-corrected chi connectivity index (χ3v) is 2.21. The molecule has 0 unspecified atom stereocenters. The third-order valence-electron chi connectivity index (χ3n) is 2.21. The van der Waals surface area contributed by atoms with Crippen molar-refractivity contribution in [2.75, 3.05) is 0 Å². The first-order chi connectivity index (χ1) is 7.79. The van der Waals surface area contributed by atoms with Gasteiger partial charge in [0, 0.05) is 12.1 Å². The lowest BCUT2D eigenvalue weighted by molar-refractivity contribution is 0.474. The number of nitrogens with two attached hydrogens (primary N) is 1. The quantitative estimate of drug-likeness (QED) is 0.857. The molecule has 82 valence electrons. The topological polar surface area (TPSA) is 35.2 Å². The molecule has 0 aromatic heterocycles. The van der Waals surface area contributed by atoms with E-state index in [0.29, 0.717) is 17.1 Å². The zero-order chi connectivity index (χ0) is 11.4. The minimum absolute atomic E-state index is 0.250. The number of benzene rings is 2. The fraction of sp³-hybridized carbons (Fsp3) is 0.0769. The van der Waals surface area contributed by atoms with Crippen LogP contribution < -0.4 is 10.5 Å². The van der Waals surface area contributed by atoms with Crippen LogP contribution in [0.4, 0.5) is 4.39 Å². The summed E-state index contributed by atoms with van der Waals surface area (Å²) < 4.78 is 18.6. The van der Waals surface area contributed by atoms with E-state index in [0.717, 1.165) is 0 Å². The second-order valence-corrected chi connectivity index (χ2v) is 3.37. The van der Waals surface area contributed by atoms with Crippen molar-refractivity contribution in [3.63, 3.8) is 0 Å². The van der Waals surface area contributed by atoms with Crippen LogP contribution in [0.15, 0.2) is 48.5 Å². The molecule has 2 nitrogen and oxygen atoms in total. The molecule has 0 aliphatic heterocycles. The van der Waals surface area contributed by atoms with Crippen LogP contribution >= 0.6 is 0 Å². The molecule has 2 N–H and O–H groups in total. The fourth-order valence-electron chi connectivity index (χ4n) is 1.42. The van der Waals surface area contributed by atoms with Crippen molar-refractivity contribution in [3.8, 4) is 11.5 Å². The van der Waals surface area contributed by atoms with E-state index in [4.69, 9.17) is 10.5 Å². The molecule has 0 bridgehead atoms. The molecule has 0 saturated heterocycles. The summed E-state index contributed by atoms with van der Waals surface area (Å²) in [5.74, 6) is 1.000. The molecule has 0 atom stereocenters. The molecule has 3 heteroatoms. The first kappa shape index (κ1) is 10.6. The highest BCUT2D eigenvalue weighted by Crippen LogP contribution is 2.25. The van der Waals surface area contributed by atoms with Gasteiger partial charge in [0.1, 0.15) is 17.3 Å². The summed E-state index contributed by atoms with van der Waals surface area (Å²) in [6, 6.07) is 13.7. The van der Waals surface area contributed by atoms with E-state index in [1.54, 1.807) is 6.07 Å². The van der Waals surface area contributed by atoms with Gasteiger partial charge in [-0.1, -0.05) is 18.2 Å². The number of hydrogen-bond acceptors (Lipinski definition) is 2. The minimum Gasteiger partial charge on any atom is -0.457 e. The maximum Gasteiger partial charge on any atom is 0.132 e. The van der Waals surface area contributed by atoms with Crippen LogP contribution in [-0.4, -0.2) is 0 Å². The highest BCUT2D eigenvalue weighted by atomic mass is 19.1. The molecule has 0 radical (unpaired) electrons. The van der Waals surface area contributed by atoms with Gasteiger partial charge in [0.15, 0.2) is 0 Å². The maximum absolute atomic E-state index is 13.0. The summed E-state index contributed by atoms with van der Waals surface area (Å²) in [4.78, 5) is 0. The molecule has 2 aromatic rings. The van der Waals surface area contributed by atoms with Crippen LogP contribution in [-0.2, 0) is 6.54 Å². The lowest BCUT2D eigenvalue weighted by Crippen LogP contribution is -2.00. The van der Waals surface area contributed by atoms with Crippen molar-refractivity contribution in [1.82, 2.24) is 0 Å². The van der Waals surface area contributed by atoms with Gasteiger partial charge in [-0.05, 0) is 30.3 Å².